The zero-order valence-electron chi connectivity index (χ0n) is 18.7. The number of aliphatic hydroxyl groups is 1. The highest BCUT2D eigenvalue weighted by atomic mass is 16.5. The molecule has 1 aliphatic rings. The van der Waals surface area contributed by atoms with Gasteiger partial charge in [-0.25, -0.2) is 0 Å². The number of amides is 1. The Kier molecular flexibility index (Phi) is 6.22. The van der Waals surface area contributed by atoms with E-state index in [-0.39, 0.29) is 17.9 Å². The molecule has 7 nitrogen and oxygen atoms in total. The van der Waals surface area contributed by atoms with Gasteiger partial charge in [0.05, 0.1) is 38.1 Å². The number of methoxy groups -OCH3 is 1. The highest BCUT2D eigenvalue weighted by Gasteiger charge is 2.46. The number of carbonyl (C=O) groups excluding carboxylic acids is 2. The summed E-state index contributed by atoms with van der Waals surface area (Å²) in [7, 11) is 1.52. The van der Waals surface area contributed by atoms with Gasteiger partial charge in [0.15, 0.2) is 11.5 Å². The number of rotatable bonds is 7. The number of nitrogens with zero attached hydrogens (tertiary/aromatic N) is 1. The minimum Gasteiger partial charge on any atom is -0.507 e. The molecule has 0 bridgehead atoms. The maximum Gasteiger partial charge on any atom is 0.296 e. The molecule has 1 saturated heterocycles. The van der Waals surface area contributed by atoms with Crippen molar-refractivity contribution in [2.75, 3.05) is 13.7 Å². The lowest BCUT2D eigenvalue weighted by molar-refractivity contribution is -0.140. The molecule has 3 aromatic rings. The fourth-order valence-corrected chi connectivity index (χ4v) is 3.96. The van der Waals surface area contributed by atoms with Crippen LogP contribution in [0.5, 0.6) is 11.5 Å². The fourth-order valence-electron chi connectivity index (χ4n) is 3.96. The number of hydrogen-bond donors (Lipinski definition) is 1. The molecule has 1 aliphatic heterocycles. The molecular formula is C26H25NO6. The van der Waals surface area contributed by atoms with Crippen LogP contribution in [0.3, 0.4) is 0 Å². The molecule has 170 valence electrons. The molecular weight excluding hydrogens is 422 g/mol. The summed E-state index contributed by atoms with van der Waals surface area (Å²) in [6.45, 7) is 4.33. The van der Waals surface area contributed by atoms with Crippen LogP contribution in [0.2, 0.25) is 0 Å². The van der Waals surface area contributed by atoms with Crippen molar-refractivity contribution in [2.24, 2.45) is 0 Å². The normalized spacial score (nSPS) is 17.4. The second kappa shape index (κ2) is 9.24. The topological polar surface area (TPSA) is 89.2 Å². The summed E-state index contributed by atoms with van der Waals surface area (Å²) >= 11 is 0. The van der Waals surface area contributed by atoms with Gasteiger partial charge in [0, 0.05) is 5.56 Å². The first-order valence-corrected chi connectivity index (χ1v) is 10.6. The highest BCUT2D eigenvalue weighted by Crippen LogP contribution is 2.42. The maximum atomic E-state index is 13.1. The highest BCUT2D eigenvalue weighted by molar-refractivity contribution is 6.46. The minimum absolute atomic E-state index is 0.0154. The first-order chi connectivity index (χ1) is 15.9. The van der Waals surface area contributed by atoms with Gasteiger partial charge in [0.25, 0.3) is 11.7 Å². The number of ether oxygens (including phenoxy) is 2. The Bertz CT molecular complexity index is 1190. The van der Waals surface area contributed by atoms with Crippen LogP contribution in [0.25, 0.3) is 5.76 Å². The second-order valence-corrected chi connectivity index (χ2v) is 7.72. The molecule has 1 N–H and O–H groups in total. The number of aryl methyl sites for hydroxylation is 1. The Morgan fingerprint density at radius 2 is 1.85 bits per heavy atom. The van der Waals surface area contributed by atoms with Crippen molar-refractivity contribution in [1.82, 2.24) is 4.90 Å². The fraction of sp³-hybridized carbons (Fsp3) is 0.231. The molecule has 1 aromatic heterocycles. The van der Waals surface area contributed by atoms with Crippen LogP contribution in [0.15, 0.2) is 70.9 Å². The molecule has 0 spiro atoms. The number of benzene rings is 2. The van der Waals surface area contributed by atoms with Crippen molar-refractivity contribution >= 4 is 17.4 Å². The van der Waals surface area contributed by atoms with Gasteiger partial charge in [-0.15, -0.1) is 0 Å². The van der Waals surface area contributed by atoms with Crippen molar-refractivity contribution in [1.29, 1.82) is 0 Å². The van der Waals surface area contributed by atoms with Crippen LogP contribution < -0.4 is 9.47 Å². The van der Waals surface area contributed by atoms with E-state index in [1.165, 1.54) is 18.3 Å². The van der Waals surface area contributed by atoms with Crippen LogP contribution >= 0.6 is 0 Å². The quantitative estimate of drug-likeness (QED) is 0.323. The zero-order chi connectivity index (χ0) is 23.5. The molecule has 0 radical (unpaired) electrons. The Morgan fingerprint density at radius 1 is 1.09 bits per heavy atom. The minimum atomic E-state index is -0.832. The third-order valence-electron chi connectivity index (χ3n) is 5.57. The summed E-state index contributed by atoms with van der Waals surface area (Å²) in [4.78, 5) is 27.6. The van der Waals surface area contributed by atoms with E-state index < -0.39 is 17.7 Å². The largest absolute Gasteiger partial charge is 0.507 e. The van der Waals surface area contributed by atoms with Gasteiger partial charge in [0.1, 0.15) is 11.5 Å². The van der Waals surface area contributed by atoms with Crippen LogP contribution in [-0.4, -0.2) is 35.4 Å². The molecule has 0 saturated carbocycles. The van der Waals surface area contributed by atoms with E-state index in [2.05, 4.69) is 0 Å². The maximum absolute atomic E-state index is 13.1. The second-order valence-electron chi connectivity index (χ2n) is 7.72. The molecule has 2 aromatic carbocycles. The Balaban J connectivity index is 1.87. The average molecular weight is 447 g/mol. The van der Waals surface area contributed by atoms with Gasteiger partial charge in [-0.05, 0) is 43.7 Å². The van der Waals surface area contributed by atoms with Gasteiger partial charge in [-0.2, -0.15) is 0 Å². The number of aliphatic hydroxyl groups excluding tert-OH is 1. The van der Waals surface area contributed by atoms with E-state index in [1.807, 2.05) is 26.0 Å². The van der Waals surface area contributed by atoms with Crippen molar-refractivity contribution in [2.45, 2.75) is 26.4 Å². The van der Waals surface area contributed by atoms with E-state index in [1.54, 1.807) is 42.5 Å². The zero-order valence-corrected chi connectivity index (χ0v) is 18.7. The lowest BCUT2D eigenvalue weighted by atomic mass is 9.94. The van der Waals surface area contributed by atoms with Crippen LogP contribution in [0.4, 0.5) is 0 Å². The molecule has 1 atom stereocenters. The van der Waals surface area contributed by atoms with Gasteiger partial charge in [0.2, 0.25) is 0 Å². The number of ketones is 1. The molecule has 1 unspecified atom stereocenters. The summed E-state index contributed by atoms with van der Waals surface area (Å²) in [6, 6.07) is 15.0. The number of likely N-dealkylation sites (tertiary alicyclic amines) is 1. The molecule has 4 rings (SSSR count). The van der Waals surface area contributed by atoms with Gasteiger partial charge in [-0.1, -0.05) is 35.9 Å². The summed E-state index contributed by atoms with van der Waals surface area (Å²) in [5.74, 6) is -0.155. The van der Waals surface area contributed by atoms with Gasteiger partial charge in [-0.3, -0.25) is 9.59 Å². The van der Waals surface area contributed by atoms with Crippen molar-refractivity contribution < 1.29 is 28.6 Å². The Morgan fingerprint density at radius 3 is 2.48 bits per heavy atom. The van der Waals surface area contributed by atoms with Crippen LogP contribution in [0.1, 0.15) is 35.4 Å². The van der Waals surface area contributed by atoms with E-state index in [9.17, 15) is 14.7 Å². The van der Waals surface area contributed by atoms with Crippen LogP contribution in [-0.2, 0) is 16.1 Å². The van der Waals surface area contributed by atoms with E-state index in [0.29, 0.717) is 35.0 Å². The summed E-state index contributed by atoms with van der Waals surface area (Å²) in [5, 5.41) is 11.1. The lowest BCUT2D eigenvalue weighted by Crippen LogP contribution is -2.29. The molecule has 1 fully saturated rings. The van der Waals surface area contributed by atoms with Crippen molar-refractivity contribution in [3.05, 3.63) is 88.9 Å². The summed E-state index contributed by atoms with van der Waals surface area (Å²) < 4.78 is 16.5. The SMILES string of the molecule is CCOc1ccc(C2C(=C(O)c3ccc(C)cc3)C(=O)C(=O)N2Cc2ccco2)cc1OC. The number of Topliss-reactive ketones (excluding diaryl/α,β-unsaturated/α-hetero) is 1. The third kappa shape index (κ3) is 4.22. The predicted octanol–water partition coefficient (Wildman–Crippen LogP) is 4.62. The average Bonchev–Trinajstić information content (AvgIpc) is 3.42. The van der Waals surface area contributed by atoms with E-state index in [4.69, 9.17) is 13.9 Å². The van der Waals surface area contributed by atoms with Gasteiger partial charge < -0.3 is 23.9 Å². The third-order valence-corrected chi connectivity index (χ3v) is 5.57. The molecule has 2 heterocycles. The molecule has 7 heteroatoms. The Hall–Kier alpha value is -4.00. The lowest BCUT2D eigenvalue weighted by Gasteiger charge is -2.25. The van der Waals surface area contributed by atoms with E-state index >= 15 is 0 Å². The Labute approximate surface area is 191 Å². The standard InChI is InChI=1S/C26H25NO6/c1-4-32-20-12-11-18(14-21(20)31-3)23-22(24(28)17-9-7-16(2)8-10-17)25(29)26(30)27(23)15-19-6-5-13-33-19/h5-14,23,28H,4,15H2,1-3H3. The molecule has 33 heavy (non-hydrogen) atoms. The monoisotopic (exact) mass is 447 g/mol. The molecule has 1 amide bonds. The van der Waals surface area contributed by atoms with Crippen molar-refractivity contribution in [3.8, 4) is 11.5 Å². The van der Waals surface area contributed by atoms with E-state index in [0.717, 1.165) is 5.56 Å². The smallest absolute Gasteiger partial charge is 0.296 e. The summed E-state index contributed by atoms with van der Waals surface area (Å²) in [5.41, 5.74) is 2.09. The molecule has 0 aliphatic carbocycles. The number of furan rings is 1. The van der Waals surface area contributed by atoms with Gasteiger partial charge >= 0.3 is 0 Å². The first-order valence-electron chi connectivity index (χ1n) is 10.6. The van der Waals surface area contributed by atoms with Crippen LogP contribution in [0, 0.1) is 6.92 Å². The van der Waals surface area contributed by atoms with Crippen molar-refractivity contribution in [3.63, 3.8) is 0 Å². The number of carbonyl (C=O) groups is 2. The number of hydrogen-bond acceptors (Lipinski definition) is 6. The summed E-state index contributed by atoms with van der Waals surface area (Å²) in [6.07, 6.45) is 1.51. The first kappa shape index (κ1) is 22.2. The predicted molar refractivity (Wildman–Crippen MR) is 122 cm³/mol.